The maximum Gasteiger partial charge on any atom is 0.0694 e. The fourth-order valence-electron chi connectivity index (χ4n) is 3.41. The lowest BCUT2D eigenvalue weighted by atomic mass is 9.80. The second-order valence-corrected chi connectivity index (χ2v) is 8.05. The molecule has 1 saturated heterocycles. The number of hydrogen-bond acceptors (Lipinski definition) is 3. The standard InChI is InChI=1S/C14H27NO2S/c1-12(5-9-15)18(16)13-6-10-17-14(11-13)7-3-2-4-8-14/h12-13H,2-11,15H2,1H3. The first-order valence-corrected chi connectivity index (χ1v) is 8.68. The molecule has 1 saturated carbocycles. The van der Waals surface area contributed by atoms with Crippen molar-refractivity contribution in [1.82, 2.24) is 0 Å². The Hall–Kier alpha value is 0.0700. The molecule has 1 heterocycles. The summed E-state index contributed by atoms with van der Waals surface area (Å²) in [4.78, 5) is 0. The van der Waals surface area contributed by atoms with Gasteiger partial charge in [-0.25, -0.2) is 0 Å². The topological polar surface area (TPSA) is 52.3 Å². The van der Waals surface area contributed by atoms with Crippen molar-refractivity contribution in [2.24, 2.45) is 5.73 Å². The molecule has 2 rings (SSSR count). The van der Waals surface area contributed by atoms with Gasteiger partial charge in [-0.05, 0) is 38.6 Å². The highest BCUT2D eigenvalue weighted by molar-refractivity contribution is 7.86. The zero-order valence-electron chi connectivity index (χ0n) is 11.5. The Kier molecular flexibility index (Phi) is 5.22. The number of rotatable bonds is 4. The SMILES string of the molecule is CC(CCN)S(=O)C1CCOC2(CCCCC2)C1. The van der Waals surface area contributed by atoms with Crippen LogP contribution in [-0.2, 0) is 15.5 Å². The van der Waals surface area contributed by atoms with E-state index in [0.717, 1.165) is 25.9 Å². The van der Waals surface area contributed by atoms with Gasteiger partial charge in [0, 0.05) is 27.9 Å². The van der Waals surface area contributed by atoms with Crippen LogP contribution in [0.3, 0.4) is 0 Å². The van der Waals surface area contributed by atoms with Gasteiger partial charge in [-0.15, -0.1) is 0 Å². The van der Waals surface area contributed by atoms with E-state index in [1.54, 1.807) is 0 Å². The Labute approximate surface area is 113 Å². The van der Waals surface area contributed by atoms with Crippen LogP contribution in [0.25, 0.3) is 0 Å². The second-order valence-electron chi connectivity index (χ2n) is 5.92. The normalized spacial score (nSPS) is 31.1. The molecule has 18 heavy (non-hydrogen) atoms. The fraction of sp³-hybridized carbons (Fsp3) is 1.00. The summed E-state index contributed by atoms with van der Waals surface area (Å²) in [6.07, 6.45) is 9.07. The maximum absolute atomic E-state index is 12.5. The van der Waals surface area contributed by atoms with Gasteiger partial charge in [0.05, 0.1) is 5.60 Å². The molecule has 1 aliphatic heterocycles. The van der Waals surface area contributed by atoms with Crippen LogP contribution < -0.4 is 5.73 Å². The molecule has 106 valence electrons. The van der Waals surface area contributed by atoms with Crippen molar-refractivity contribution in [2.75, 3.05) is 13.2 Å². The van der Waals surface area contributed by atoms with E-state index in [9.17, 15) is 4.21 Å². The van der Waals surface area contributed by atoms with Crippen LogP contribution in [-0.4, -0.2) is 33.5 Å². The van der Waals surface area contributed by atoms with Gasteiger partial charge in [0.1, 0.15) is 0 Å². The minimum Gasteiger partial charge on any atom is -0.375 e. The van der Waals surface area contributed by atoms with Crippen LogP contribution in [0, 0.1) is 0 Å². The Balaban J connectivity index is 1.95. The average molecular weight is 273 g/mol. The smallest absolute Gasteiger partial charge is 0.0694 e. The Morgan fingerprint density at radius 1 is 1.39 bits per heavy atom. The quantitative estimate of drug-likeness (QED) is 0.855. The Bertz CT molecular complexity index is 284. The number of hydrogen-bond donors (Lipinski definition) is 1. The molecular weight excluding hydrogens is 246 g/mol. The first kappa shape index (κ1) is 14.5. The van der Waals surface area contributed by atoms with E-state index >= 15 is 0 Å². The molecule has 3 nitrogen and oxygen atoms in total. The minimum atomic E-state index is -0.739. The van der Waals surface area contributed by atoms with Crippen LogP contribution in [0.2, 0.25) is 0 Å². The lowest BCUT2D eigenvalue weighted by Gasteiger charge is -2.43. The summed E-state index contributed by atoms with van der Waals surface area (Å²) in [5.74, 6) is 0. The molecule has 3 atom stereocenters. The van der Waals surface area contributed by atoms with E-state index in [-0.39, 0.29) is 10.9 Å². The third kappa shape index (κ3) is 3.34. The molecule has 3 unspecified atom stereocenters. The molecule has 2 aliphatic rings. The van der Waals surface area contributed by atoms with Crippen LogP contribution >= 0.6 is 0 Å². The predicted octanol–water partition coefficient (Wildman–Crippen LogP) is 2.35. The third-order valence-corrected chi connectivity index (χ3v) is 6.60. The molecule has 2 N–H and O–H groups in total. The zero-order chi connectivity index (χ0) is 13.0. The summed E-state index contributed by atoms with van der Waals surface area (Å²) < 4.78 is 18.6. The highest BCUT2D eigenvalue weighted by Crippen LogP contribution is 2.40. The first-order valence-electron chi connectivity index (χ1n) is 7.40. The van der Waals surface area contributed by atoms with Crippen LogP contribution in [0.4, 0.5) is 0 Å². The summed E-state index contributed by atoms with van der Waals surface area (Å²) in [5.41, 5.74) is 5.64. The van der Waals surface area contributed by atoms with Gasteiger partial charge in [-0.3, -0.25) is 4.21 Å². The second kappa shape index (κ2) is 6.49. The molecule has 1 aliphatic carbocycles. The van der Waals surface area contributed by atoms with Crippen molar-refractivity contribution in [3.8, 4) is 0 Å². The van der Waals surface area contributed by atoms with Crippen molar-refractivity contribution >= 4 is 10.8 Å². The first-order chi connectivity index (χ1) is 8.67. The van der Waals surface area contributed by atoms with E-state index in [1.807, 2.05) is 0 Å². The molecule has 0 radical (unpaired) electrons. The molecule has 4 heteroatoms. The summed E-state index contributed by atoms with van der Waals surface area (Å²) >= 11 is 0. The van der Waals surface area contributed by atoms with Gasteiger partial charge >= 0.3 is 0 Å². The van der Waals surface area contributed by atoms with Gasteiger partial charge in [-0.1, -0.05) is 26.2 Å². The van der Waals surface area contributed by atoms with E-state index in [0.29, 0.717) is 11.8 Å². The number of ether oxygens (including phenoxy) is 1. The van der Waals surface area contributed by atoms with Crippen molar-refractivity contribution in [3.05, 3.63) is 0 Å². The van der Waals surface area contributed by atoms with Crippen molar-refractivity contribution < 1.29 is 8.95 Å². The van der Waals surface area contributed by atoms with Gasteiger partial charge in [-0.2, -0.15) is 0 Å². The van der Waals surface area contributed by atoms with Gasteiger partial charge < -0.3 is 10.5 Å². The van der Waals surface area contributed by atoms with E-state index in [1.165, 1.54) is 32.1 Å². The molecule has 0 amide bonds. The molecule has 2 fully saturated rings. The Morgan fingerprint density at radius 2 is 2.11 bits per heavy atom. The molecule has 0 aromatic rings. The van der Waals surface area contributed by atoms with E-state index in [2.05, 4.69) is 6.92 Å². The summed E-state index contributed by atoms with van der Waals surface area (Å²) in [6.45, 7) is 3.51. The van der Waals surface area contributed by atoms with Gasteiger partial charge in [0.2, 0.25) is 0 Å². The minimum absolute atomic E-state index is 0.0687. The van der Waals surface area contributed by atoms with Crippen molar-refractivity contribution in [3.63, 3.8) is 0 Å². The largest absolute Gasteiger partial charge is 0.375 e. The lowest BCUT2D eigenvalue weighted by molar-refractivity contribution is -0.0975. The zero-order valence-corrected chi connectivity index (χ0v) is 12.3. The molecule has 1 spiro atoms. The molecule has 0 aromatic carbocycles. The van der Waals surface area contributed by atoms with Crippen molar-refractivity contribution in [2.45, 2.75) is 74.4 Å². The highest BCUT2D eigenvalue weighted by Gasteiger charge is 2.40. The van der Waals surface area contributed by atoms with E-state index < -0.39 is 10.8 Å². The summed E-state index contributed by atoms with van der Waals surface area (Å²) in [6, 6.07) is 0. The average Bonchev–Trinajstić information content (AvgIpc) is 2.39. The maximum atomic E-state index is 12.5. The van der Waals surface area contributed by atoms with Gasteiger partial charge in [0.15, 0.2) is 0 Å². The monoisotopic (exact) mass is 273 g/mol. The van der Waals surface area contributed by atoms with Crippen molar-refractivity contribution in [1.29, 1.82) is 0 Å². The van der Waals surface area contributed by atoms with E-state index in [4.69, 9.17) is 10.5 Å². The molecule has 0 bridgehead atoms. The lowest BCUT2D eigenvalue weighted by Crippen LogP contribution is -2.45. The van der Waals surface area contributed by atoms with Crippen LogP contribution in [0.5, 0.6) is 0 Å². The Morgan fingerprint density at radius 3 is 2.78 bits per heavy atom. The third-order valence-electron chi connectivity index (χ3n) is 4.51. The highest BCUT2D eigenvalue weighted by atomic mass is 32.2. The summed E-state index contributed by atoms with van der Waals surface area (Å²) in [5, 5.41) is 0.567. The number of nitrogens with two attached hydrogens (primary N) is 1. The van der Waals surface area contributed by atoms with Gasteiger partial charge in [0.25, 0.3) is 0 Å². The van der Waals surface area contributed by atoms with Crippen LogP contribution in [0.15, 0.2) is 0 Å². The molecular formula is C14H27NO2S. The molecule has 0 aromatic heterocycles. The fourth-order valence-corrected chi connectivity index (χ4v) is 5.23. The van der Waals surface area contributed by atoms with Crippen LogP contribution in [0.1, 0.15) is 58.3 Å². The summed E-state index contributed by atoms with van der Waals surface area (Å²) in [7, 11) is -0.739. The predicted molar refractivity (Wildman–Crippen MR) is 76.1 cm³/mol.